The Morgan fingerprint density at radius 3 is 2.77 bits per heavy atom. The van der Waals surface area contributed by atoms with E-state index in [1.165, 1.54) is 5.56 Å². The van der Waals surface area contributed by atoms with Crippen molar-refractivity contribution >= 4 is 28.4 Å². The third-order valence-corrected chi connectivity index (χ3v) is 6.70. The molecule has 4 rings (SSSR count). The maximum absolute atomic E-state index is 12.8. The smallest absolute Gasteiger partial charge is 0.315 e. The average Bonchev–Trinajstić information content (AvgIpc) is 3.44. The summed E-state index contributed by atoms with van der Waals surface area (Å²) < 4.78 is 5.11. The van der Waals surface area contributed by atoms with Gasteiger partial charge in [0.25, 0.3) is 0 Å². The summed E-state index contributed by atoms with van der Waals surface area (Å²) in [4.78, 5) is 31.0. The van der Waals surface area contributed by atoms with Crippen LogP contribution in [-0.2, 0) is 14.9 Å². The number of urea groups is 1. The summed E-state index contributed by atoms with van der Waals surface area (Å²) in [5, 5.41) is 11.7. The van der Waals surface area contributed by atoms with Crippen LogP contribution in [0.15, 0.2) is 35.7 Å². The first-order valence-electron chi connectivity index (χ1n) is 10.2. The number of aromatic nitrogens is 1. The first-order chi connectivity index (χ1) is 14.6. The minimum absolute atomic E-state index is 0.0183. The number of ether oxygens (including phenoxy) is 1. The third kappa shape index (κ3) is 4.13. The minimum Gasteiger partial charge on any atom is -0.383 e. The predicted octanol–water partition coefficient (Wildman–Crippen LogP) is 1.79. The highest BCUT2D eigenvalue weighted by Crippen LogP contribution is 2.42. The molecule has 1 aromatic heterocycles. The van der Waals surface area contributed by atoms with E-state index in [4.69, 9.17) is 9.72 Å². The lowest BCUT2D eigenvalue weighted by atomic mass is 9.70. The van der Waals surface area contributed by atoms with Crippen molar-refractivity contribution in [2.24, 2.45) is 0 Å². The zero-order chi connectivity index (χ0) is 21.0. The van der Waals surface area contributed by atoms with Crippen molar-refractivity contribution < 1.29 is 14.3 Å². The van der Waals surface area contributed by atoms with E-state index in [0.717, 1.165) is 23.7 Å². The lowest BCUT2D eigenvalue weighted by Crippen LogP contribution is -2.51. The summed E-state index contributed by atoms with van der Waals surface area (Å²) in [7, 11) is 1.68. The molecule has 9 heteroatoms. The third-order valence-electron chi connectivity index (χ3n) is 5.90. The van der Waals surface area contributed by atoms with Crippen LogP contribution in [0.25, 0.3) is 0 Å². The Hall–Kier alpha value is -2.65. The summed E-state index contributed by atoms with van der Waals surface area (Å²) in [5.74, 6) is -0.0183. The Labute approximate surface area is 180 Å². The van der Waals surface area contributed by atoms with Crippen LogP contribution in [0.3, 0.4) is 0 Å². The number of anilines is 1. The van der Waals surface area contributed by atoms with Gasteiger partial charge in [-0.1, -0.05) is 30.3 Å². The summed E-state index contributed by atoms with van der Waals surface area (Å²) in [5.41, 5.74) is 2.04. The van der Waals surface area contributed by atoms with Gasteiger partial charge in [-0.3, -0.25) is 4.79 Å². The van der Waals surface area contributed by atoms with Gasteiger partial charge in [0.05, 0.1) is 12.3 Å². The number of likely N-dealkylation sites (tertiary alicyclic amines) is 1. The van der Waals surface area contributed by atoms with E-state index in [1.54, 1.807) is 18.4 Å². The number of thiazole rings is 1. The lowest BCUT2D eigenvalue weighted by Gasteiger charge is -2.42. The van der Waals surface area contributed by atoms with Crippen molar-refractivity contribution in [3.05, 3.63) is 47.0 Å². The maximum Gasteiger partial charge on any atom is 0.315 e. The fourth-order valence-electron chi connectivity index (χ4n) is 4.22. The van der Waals surface area contributed by atoms with Gasteiger partial charge in [-0.25, -0.2) is 9.78 Å². The Morgan fingerprint density at radius 2 is 2.10 bits per heavy atom. The largest absolute Gasteiger partial charge is 0.383 e. The number of hydrogen-bond donors (Lipinski definition) is 3. The lowest BCUT2D eigenvalue weighted by molar-refractivity contribution is -0.134. The van der Waals surface area contributed by atoms with Crippen molar-refractivity contribution in [1.82, 2.24) is 20.5 Å². The fraction of sp³-hybridized carbons (Fsp3) is 0.476. The number of piperidine rings is 1. The van der Waals surface area contributed by atoms with Crippen molar-refractivity contribution in [2.75, 3.05) is 45.2 Å². The second kappa shape index (κ2) is 9.01. The Balaban J connectivity index is 1.52. The Kier molecular flexibility index (Phi) is 6.19. The molecule has 2 aromatic rings. The van der Waals surface area contributed by atoms with Crippen LogP contribution in [0, 0.1) is 0 Å². The van der Waals surface area contributed by atoms with E-state index in [-0.39, 0.29) is 17.4 Å². The van der Waals surface area contributed by atoms with Crippen LogP contribution in [0.4, 0.5) is 9.93 Å². The van der Waals surface area contributed by atoms with Crippen LogP contribution >= 0.6 is 11.3 Å². The van der Waals surface area contributed by atoms with E-state index < -0.39 is 6.04 Å². The molecule has 2 saturated heterocycles. The number of nitrogens with one attached hydrogen (secondary N) is 3. The Bertz CT molecular complexity index is 880. The molecule has 2 fully saturated rings. The van der Waals surface area contributed by atoms with E-state index in [2.05, 4.69) is 45.6 Å². The van der Waals surface area contributed by atoms with E-state index in [0.29, 0.717) is 32.8 Å². The van der Waals surface area contributed by atoms with Gasteiger partial charge in [0, 0.05) is 44.1 Å². The summed E-state index contributed by atoms with van der Waals surface area (Å²) in [6.07, 6.45) is 1.58. The molecule has 2 aliphatic heterocycles. The molecule has 0 bridgehead atoms. The molecule has 1 aromatic carbocycles. The molecule has 3 N–H and O–H groups in total. The summed E-state index contributed by atoms with van der Waals surface area (Å²) in [6, 6.07) is 9.67. The summed E-state index contributed by atoms with van der Waals surface area (Å²) in [6.45, 7) is 2.95. The van der Waals surface area contributed by atoms with E-state index in [9.17, 15) is 9.59 Å². The van der Waals surface area contributed by atoms with E-state index >= 15 is 0 Å². The molecule has 0 radical (unpaired) electrons. The number of rotatable bonds is 7. The standard InChI is InChI=1S/C21H27N5O3S/c1-29-12-9-22-20-25-17(14-30-20)21(15-5-3-2-4-6-15)7-10-26(11-8-21)18(27)16-13-23-19(28)24-16/h2-6,14,16H,7-13H2,1H3,(H,22,25)(H2,23,24,28). The second-order valence-corrected chi connectivity index (χ2v) is 8.50. The van der Waals surface area contributed by atoms with Crippen LogP contribution in [0.2, 0.25) is 0 Å². The number of methoxy groups -OCH3 is 1. The number of nitrogens with zero attached hydrogens (tertiary/aromatic N) is 2. The molecule has 3 amide bonds. The fourth-order valence-corrected chi connectivity index (χ4v) is 5.06. The quantitative estimate of drug-likeness (QED) is 0.584. The molecule has 0 saturated carbocycles. The van der Waals surface area contributed by atoms with Gasteiger partial charge < -0.3 is 25.6 Å². The van der Waals surface area contributed by atoms with Crippen molar-refractivity contribution in [2.45, 2.75) is 24.3 Å². The SMILES string of the molecule is COCCNc1nc(C2(c3ccccc3)CCN(C(=O)C3CNC(=O)N3)CC2)cs1. The molecule has 0 aliphatic carbocycles. The average molecular weight is 430 g/mol. The predicted molar refractivity (Wildman–Crippen MR) is 116 cm³/mol. The molecule has 0 spiro atoms. The van der Waals surface area contributed by atoms with Gasteiger partial charge in [-0.05, 0) is 18.4 Å². The van der Waals surface area contributed by atoms with Crippen LogP contribution in [0.5, 0.6) is 0 Å². The van der Waals surface area contributed by atoms with Gasteiger partial charge in [0.15, 0.2) is 5.13 Å². The number of carbonyl (C=O) groups excluding carboxylic acids is 2. The van der Waals surface area contributed by atoms with Gasteiger partial charge in [-0.2, -0.15) is 0 Å². The molecule has 1 unspecified atom stereocenters. The van der Waals surface area contributed by atoms with Gasteiger partial charge in [0.2, 0.25) is 5.91 Å². The van der Waals surface area contributed by atoms with Gasteiger partial charge in [0.1, 0.15) is 6.04 Å². The summed E-state index contributed by atoms with van der Waals surface area (Å²) >= 11 is 1.60. The highest BCUT2D eigenvalue weighted by molar-refractivity contribution is 7.13. The molecule has 1 atom stereocenters. The van der Waals surface area contributed by atoms with Crippen LogP contribution in [0.1, 0.15) is 24.1 Å². The first kappa shape index (κ1) is 20.6. The number of hydrogen-bond acceptors (Lipinski definition) is 6. The molecule has 8 nitrogen and oxygen atoms in total. The maximum atomic E-state index is 12.8. The van der Waals surface area contributed by atoms with Gasteiger partial charge in [-0.15, -0.1) is 11.3 Å². The molecular formula is C21H27N5O3S. The molecule has 30 heavy (non-hydrogen) atoms. The van der Waals surface area contributed by atoms with Gasteiger partial charge >= 0.3 is 6.03 Å². The first-order valence-corrected chi connectivity index (χ1v) is 11.1. The van der Waals surface area contributed by atoms with Crippen molar-refractivity contribution in [1.29, 1.82) is 0 Å². The topological polar surface area (TPSA) is 95.6 Å². The monoisotopic (exact) mass is 429 g/mol. The normalized spacial score (nSPS) is 20.5. The Morgan fingerprint density at radius 1 is 1.33 bits per heavy atom. The highest BCUT2D eigenvalue weighted by Gasteiger charge is 2.42. The second-order valence-electron chi connectivity index (χ2n) is 7.64. The molecule has 2 aliphatic rings. The number of carbonyl (C=O) groups is 2. The molecular weight excluding hydrogens is 402 g/mol. The number of amides is 3. The van der Waals surface area contributed by atoms with Crippen LogP contribution < -0.4 is 16.0 Å². The van der Waals surface area contributed by atoms with Crippen LogP contribution in [-0.4, -0.2) is 67.8 Å². The van der Waals surface area contributed by atoms with Crippen molar-refractivity contribution in [3.8, 4) is 0 Å². The number of benzene rings is 1. The zero-order valence-electron chi connectivity index (χ0n) is 17.0. The van der Waals surface area contributed by atoms with Crippen molar-refractivity contribution in [3.63, 3.8) is 0 Å². The molecule has 3 heterocycles. The minimum atomic E-state index is -0.474. The zero-order valence-corrected chi connectivity index (χ0v) is 17.8. The van der Waals surface area contributed by atoms with E-state index in [1.807, 2.05) is 11.0 Å². The molecule has 160 valence electrons. The highest BCUT2D eigenvalue weighted by atomic mass is 32.1.